The highest BCUT2D eigenvalue weighted by Gasteiger charge is 2.07. The summed E-state index contributed by atoms with van der Waals surface area (Å²) < 4.78 is 5.42. The lowest BCUT2D eigenvalue weighted by atomic mass is 10.1. The number of para-hydroxylation sites is 1. The van der Waals surface area contributed by atoms with Crippen LogP contribution in [0.3, 0.4) is 0 Å². The van der Waals surface area contributed by atoms with Crippen molar-refractivity contribution in [3.8, 4) is 5.75 Å². The van der Waals surface area contributed by atoms with Crippen molar-refractivity contribution in [1.29, 1.82) is 0 Å². The maximum atomic E-state index is 10.0. The van der Waals surface area contributed by atoms with Crippen LogP contribution in [0, 0.1) is 0 Å². The molecule has 0 aliphatic carbocycles. The van der Waals surface area contributed by atoms with Crippen LogP contribution in [0.5, 0.6) is 5.75 Å². The van der Waals surface area contributed by atoms with Crippen LogP contribution in [0.25, 0.3) is 0 Å². The highest BCUT2D eigenvalue weighted by Crippen LogP contribution is 2.22. The fraction of sp³-hybridized carbons (Fsp3) is 0.231. The Hall–Kier alpha value is -2.10. The summed E-state index contributed by atoms with van der Waals surface area (Å²) in [5.41, 5.74) is 1.36. The summed E-state index contributed by atoms with van der Waals surface area (Å²) >= 11 is 0. The van der Waals surface area contributed by atoms with Crippen molar-refractivity contribution >= 4 is 11.8 Å². The molecule has 4 heteroatoms. The molecule has 0 saturated heterocycles. The van der Waals surface area contributed by atoms with Crippen LogP contribution in [-0.4, -0.2) is 18.4 Å². The third kappa shape index (κ3) is 3.17. The number of benzene rings is 1. The smallest absolute Gasteiger partial charge is 0.250 e. The Labute approximate surface area is 99.3 Å². The van der Waals surface area contributed by atoms with Gasteiger partial charge in [-0.25, -0.2) is 0 Å². The number of fused-ring (bicyclic) bond motifs is 1. The average molecular weight is 231 g/mol. The van der Waals surface area contributed by atoms with Crippen LogP contribution >= 0.6 is 0 Å². The number of hydrogen-bond donors (Lipinski definition) is 1. The Morgan fingerprint density at radius 3 is 2.35 bits per heavy atom. The molecule has 0 aromatic heterocycles. The van der Waals surface area contributed by atoms with Crippen LogP contribution in [0.4, 0.5) is 0 Å². The highest BCUT2D eigenvalue weighted by atomic mass is 16.5. The minimum Gasteiger partial charge on any atom is -0.493 e. The topological polar surface area (TPSA) is 55.4 Å². The van der Waals surface area contributed by atoms with Gasteiger partial charge in [-0.1, -0.05) is 18.2 Å². The van der Waals surface area contributed by atoms with Crippen LogP contribution in [-0.2, 0) is 16.0 Å². The van der Waals surface area contributed by atoms with E-state index in [9.17, 15) is 9.59 Å². The quantitative estimate of drug-likeness (QED) is 0.683. The minimum atomic E-state index is -0.329. The lowest BCUT2D eigenvalue weighted by Crippen LogP contribution is -2.19. The van der Waals surface area contributed by atoms with Crippen molar-refractivity contribution in [1.82, 2.24) is 5.32 Å². The molecule has 0 saturated carbocycles. The molecule has 2 aliphatic heterocycles. The third-order valence-electron chi connectivity index (χ3n) is 2.45. The zero-order chi connectivity index (χ0) is 12.1. The third-order valence-corrected chi connectivity index (χ3v) is 2.45. The summed E-state index contributed by atoms with van der Waals surface area (Å²) in [6, 6.07) is 8.25. The van der Waals surface area contributed by atoms with E-state index in [2.05, 4.69) is 12.1 Å². The van der Waals surface area contributed by atoms with Gasteiger partial charge in [0.1, 0.15) is 5.75 Å². The molecule has 1 N–H and O–H groups in total. The molecular weight excluding hydrogens is 218 g/mol. The number of imide groups is 1. The monoisotopic (exact) mass is 231 g/mol. The molecule has 1 aromatic rings. The van der Waals surface area contributed by atoms with E-state index in [1.807, 2.05) is 17.4 Å². The summed E-state index contributed by atoms with van der Waals surface area (Å²) in [5.74, 6) is 0.420. The zero-order valence-electron chi connectivity index (χ0n) is 9.31. The number of hydrogen-bond acceptors (Lipinski definition) is 3. The Kier molecular flexibility index (Phi) is 3.55. The first-order chi connectivity index (χ1) is 8.25. The Bertz CT molecular complexity index is 424. The van der Waals surface area contributed by atoms with E-state index in [0.717, 1.165) is 18.8 Å². The number of nitrogens with one attached hydrogen (secondary N) is 1. The number of carbonyl (C=O) groups excluding carboxylic acids is 2. The van der Waals surface area contributed by atoms with E-state index in [-0.39, 0.29) is 11.8 Å². The molecule has 1 aromatic carbocycles. The number of carbonyl (C=O) groups is 2. The first-order valence-corrected chi connectivity index (χ1v) is 5.49. The van der Waals surface area contributed by atoms with Crippen molar-refractivity contribution in [2.75, 3.05) is 6.61 Å². The van der Waals surface area contributed by atoms with Crippen molar-refractivity contribution in [2.45, 2.75) is 12.8 Å². The molecule has 0 bridgehead atoms. The molecular formula is C13H13NO3. The number of rotatable bonds is 0. The lowest BCUT2D eigenvalue weighted by molar-refractivity contribution is -0.123. The van der Waals surface area contributed by atoms with Crippen molar-refractivity contribution in [3.63, 3.8) is 0 Å². The van der Waals surface area contributed by atoms with Gasteiger partial charge >= 0.3 is 0 Å². The van der Waals surface area contributed by atoms with Crippen molar-refractivity contribution < 1.29 is 14.3 Å². The molecule has 88 valence electrons. The standard InChI is InChI=1S/C9H10O.C4H3NO2/c1-2-6-9-8(4-1)5-3-7-10-9;6-3-1-2-4(7)5-3/h1-2,4,6H,3,5,7H2;1-2H,(H,5,6,7). The van der Waals surface area contributed by atoms with Gasteiger partial charge in [-0.2, -0.15) is 0 Å². The van der Waals surface area contributed by atoms with Crippen molar-refractivity contribution in [3.05, 3.63) is 42.0 Å². The Morgan fingerprint density at radius 1 is 1.06 bits per heavy atom. The zero-order valence-corrected chi connectivity index (χ0v) is 9.31. The van der Waals surface area contributed by atoms with Gasteiger partial charge in [0.15, 0.2) is 0 Å². The Balaban J connectivity index is 0.000000136. The minimum absolute atomic E-state index is 0.329. The SMILES string of the molecule is O=C1C=CC(=O)N1.c1ccc2c(c1)CCCO2. The first kappa shape index (κ1) is 11.4. The van der Waals surface area contributed by atoms with Gasteiger partial charge in [-0.3, -0.25) is 14.9 Å². The van der Waals surface area contributed by atoms with Gasteiger partial charge < -0.3 is 4.74 Å². The molecule has 0 spiro atoms. The van der Waals surface area contributed by atoms with E-state index in [1.165, 1.54) is 24.1 Å². The molecule has 17 heavy (non-hydrogen) atoms. The number of amides is 2. The highest BCUT2D eigenvalue weighted by molar-refractivity contribution is 6.12. The second-order valence-corrected chi connectivity index (χ2v) is 3.75. The molecule has 2 aliphatic rings. The van der Waals surface area contributed by atoms with Gasteiger partial charge in [0.25, 0.3) is 11.8 Å². The molecule has 2 amide bonds. The van der Waals surface area contributed by atoms with Gasteiger partial charge in [-0.15, -0.1) is 0 Å². The average Bonchev–Trinajstić information content (AvgIpc) is 2.74. The van der Waals surface area contributed by atoms with Gasteiger partial charge in [0.2, 0.25) is 0 Å². The second kappa shape index (κ2) is 5.30. The summed E-state index contributed by atoms with van der Waals surface area (Å²) in [6.45, 7) is 0.886. The molecule has 3 rings (SSSR count). The predicted octanol–water partition coefficient (Wildman–Crippen LogP) is 1.21. The first-order valence-electron chi connectivity index (χ1n) is 5.49. The van der Waals surface area contributed by atoms with Gasteiger partial charge in [-0.05, 0) is 24.5 Å². The Morgan fingerprint density at radius 2 is 1.76 bits per heavy atom. The van der Waals surface area contributed by atoms with Gasteiger partial charge in [0, 0.05) is 12.2 Å². The summed E-state index contributed by atoms with van der Waals surface area (Å²) in [6.07, 6.45) is 4.73. The predicted molar refractivity (Wildman–Crippen MR) is 62.5 cm³/mol. The molecule has 0 unspecified atom stereocenters. The van der Waals surface area contributed by atoms with E-state index in [4.69, 9.17) is 4.74 Å². The summed E-state index contributed by atoms with van der Waals surface area (Å²) in [4.78, 5) is 20.1. The van der Waals surface area contributed by atoms with Crippen LogP contribution in [0.1, 0.15) is 12.0 Å². The van der Waals surface area contributed by atoms with Crippen LogP contribution in [0.2, 0.25) is 0 Å². The normalized spacial score (nSPS) is 16.5. The maximum absolute atomic E-state index is 10.0. The lowest BCUT2D eigenvalue weighted by Gasteiger charge is -2.15. The van der Waals surface area contributed by atoms with Gasteiger partial charge in [0.05, 0.1) is 6.61 Å². The van der Waals surface area contributed by atoms with E-state index in [1.54, 1.807) is 0 Å². The molecule has 4 nitrogen and oxygen atoms in total. The fourth-order valence-electron chi connectivity index (χ4n) is 1.65. The van der Waals surface area contributed by atoms with Crippen molar-refractivity contribution in [2.24, 2.45) is 0 Å². The molecule has 2 heterocycles. The largest absolute Gasteiger partial charge is 0.493 e. The second-order valence-electron chi connectivity index (χ2n) is 3.75. The molecule has 0 radical (unpaired) electrons. The van der Waals surface area contributed by atoms with Crippen LogP contribution in [0.15, 0.2) is 36.4 Å². The molecule has 0 atom stereocenters. The van der Waals surface area contributed by atoms with E-state index < -0.39 is 0 Å². The number of ether oxygens (including phenoxy) is 1. The summed E-state index contributed by atoms with van der Waals surface area (Å²) in [5, 5.41) is 2.03. The summed E-state index contributed by atoms with van der Waals surface area (Å²) in [7, 11) is 0. The molecule has 0 fully saturated rings. The fourth-order valence-corrected chi connectivity index (χ4v) is 1.65. The van der Waals surface area contributed by atoms with Crippen LogP contribution < -0.4 is 10.1 Å². The van der Waals surface area contributed by atoms with E-state index in [0.29, 0.717) is 0 Å². The number of aryl methyl sites for hydroxylation is 1. The van der Waals surface area contributed by atoms with E-state index >= 15 is 0 Å². The maximum Gasteiger partial charge on any atom is 0.250 e.